The average molecular weight is 344 g/mol. The van der Waals surface area contributed by atoms with Crippen molar-refractivity contribution in [2.45, 2.75) is 26.8 Å². The van der Waals surface area contributed by atoms with Crippen molar-refractivity contribution >= 4 is 5.91 Å². The fourth-order valence-electron chi connectivity index (χ4n) is 2.15. The third-order valence-corrected chi connectivity index (χ3v) is 3.56. The van der Waals surface area contributed by atoms with E-state index in [1.54, 1.807) is 7.11 Å². The average Bonchev–Trinajstić information content (AvgIpc) is 2.60. The van der Waals surface area contributed by atoms with Crippen LogP contribution in [0.25, 0.3) is 0 Å². The van der Waals surface area contributed by atoms with Crippen molar-refractivity contribution in [1.82, 2.24) is 15.5 Å². The normalized spacial score (nSPS) is 10.7. The summed E-state index contributed by atoms with van der Waals surface area (Å²) in [5.41, 5.74) is 6.32. The van der Waals surface area contributed by atoms with Gasteiger partial charge in [-0.15, -0.1) is 10.2 Å². The Bertz CT molecular complexity index is 702. The van der Waals surface area contributed by atoms with Gasteiger partial charge in [-0.3, -0.25) is 4.79 Å². The number of primary amides is 1. The Hall–Kier alpha value is -2.67. The molecule has 0 unspecified atom stereocenters. The molecule has 0 saturated carbocycles. The van der Waals surface area contributed by atoms with Gasteiger partial charge in [-0.1, -0.05) is 19.9 Å². The maximum absolute atomic E-state index is 11.0. The lowest BCUT2D eigenvalue weighted by atomic mass is 10.1. The molecule has 0 atom stereocenters. The molecule has 0 aliphatic carbocycles. The highest BCUT2D eigenvalue weighted by atomic mass is 16.5. The predicted molar refractivity (Wildman–Crippen MR) is 94.8 cm³/mol. The zero-order chi connectivity index (χ0) is 18.2. The van der Waals surface area contributed by atoms with Crippen molar-refractivity contribution in [3.63, 3.8) is 0 Å². The topological polar surface area (TPSA) is 99.4 Å². The second kappa shape index (κ2) is 8.98. The molecule has 7 nitrogen and oxygen atoms in total. The number of methoxy groups -OCH3 is 1. The van der Waals surface area contributed by atoms with Crippen LogP contribution in [0.15, 0.2) is 30.3 Å². The van der Waals surface area contributed by atoms with E-state index in [0.717, 1.165) is 25.1 Å². The summed E-state index contributed by atoms with van der Waals surface area (Å²) >= 11 is 0. The second-order valence-electron chi connectivity index (χ2n) is 6.07. The van der Waals surface area contributed by atoms with E-state index in [9.17, 15) is 4.79 Å². The van der Waals surface area contributed by atoms with Gasteiger partial charge in [0.15, 0.2) is 17.2 Å². The lowest BCUT2D eigenvalue weighted by molar-refractivity contribution is 0.0994. The first-order valence-electron chi connectivity index (χ1n) is 8.18. The number of carbonyl (C=O) groups is 1. The van der Waals surface area contributed by atoms with Gasteiger partial charge in [0.2, 0.25) is 5.88 Å². The van der Waals surface area contributed by atoms with Gasteiger partial charge in [-0.2, -0.15) is 0 Å². The quantitative estimate of drug-likeness (QED) is 0.678. The van der Waals surface area contributed by atoms with Gasteiger partial charge in [0.1, 0.15) is 0 Å². The first-order chi connectivity index (χ1) is 12.0. The van der Waals surface area contributed by atoms with E-state index >= 15 is 0 Å². The Kier molecular flexibility index (Phi) is 6.71. The van der Waals surface area contributed by atoms with Crippen LogP contribution in [0.4, 0.5) is 0 Å². The monoisotopic (exact) mass is 344 g/mol. The second-order valence-corrected chi connectivity index (χ2v) is 6.07. The third-order valence-electron chi connectivity index (χ3n) is 3.56. The Balaban J connectivity index is 2.02. The van der Waals surface area contributed by atoms with Crippen LogP contribution in [-0.2, 0) is 6.54 Å². The number of carbonyl (C=O) groups excluding carboxylic acids is 1. The molecule has 1 heterocycles. The van der Waals surface area contributed by atoms with Gasteiger partial charge in [0.25, 0.3) is 5.91 Å². The van der Waals surface area contributed by atoms with E-state index in [2.05, 4.69) is 29.4 Å². The largest absolute Gasteiger partial charge is 0.493 e. The van der Waals surface area contributed by atoms with Crippen molar-refractivity contribution < 1.29 is 14.3 Å². The molecule has 2 rings (SSSR count). The molecule has 1 aromatic carbocycles. The molecule has 3 N–H and O–H groups in total. The summed E-state index contributed by atoms with van der Waals surface area (Å²) in [6.07, 6.45) is 1.14. The van der Waals surface area contributed by atoms with Crippen LogP contribution in [0.3, 0.4) is 0 Å². The number of nitrogens with zero attached hydrogens (tertiary/aromatic N) is 2. The zero-order valence-electron chi connectivity index (χ0n) is 14.8. The molecule has 134 valence electrons. The first-order valence-corrected chi connectivity index (χ1v) is 8.18. The molecule has 2 aromatic rings. The van der Waals surface area contributed by atoms with E-state index in [1.165, 1.54) is 12.1 Å². The number of nitrogens with two attached hydrogens (primary N) is 1. The minimum absolute atomic E-state index is 0.0853. The Morgan fingerprint density at radius 1 is 1.20 bits per heavy atom. The molecule has 1 aromatic heterocycles. The van der Waals surface area contributed by atoms with E-state index in [1.807, 2.05) is 18.2 Å². The van der Waals surface area contributed by atoms with Crippen LogP contribution >= 0.6 is 0 Å². The minimum Gasteiger partial charge on any atom is -0.493 e. The van der Waals surface area contributed by atoms with Crippen LogP contribution in [0.1, 0.15) is 36.3 Å². The van der Waals surface area contributed by atoms with Crippen LogP contribution in [0, 0.1) is 5.92 Å². The highest BCUT2D eigenvalue weighted by Gasteiger charge is 2.09. The zero-order valence-corrected chi connectivity index (χ0v) is 14.8. The molecular weight excluding hydrogens is 320 g/mol. The lowest BCUT2D eigenvalue weighted by Gasteiger charge is -2.12. The maximum atomic E-state index is 11.0. The Morgan fingerprint density at radius 2 is 2.00 bits per heavy atom. The summed E-state index contributed by atoms with van der Waals surface area (Å²) in [5, 5.41) is 10.9. The fraction of sp³-hybridized carbons (Fsp3) is 0.389. The number of benzene rings is 1. The first kappa shape index (κ1) is 18.7. The predicted octanol–water partition coefficient (Wildman–Crippen LogP) is 2.51. The molecule has 0 aliphatic rings. The number of aromatic nitrogens is 2. The number of hydrogen-bond donors (Lipinski definition) is 2. The summed E-state index contributed by atoms with van der Waals surface area (Å²) in [6.45, 7) is 6.14. The standard InChI is InChI=1S/C18H24N4O3/c1-12(2)8-9-20-11-13-4-6-15(16(10-13)24-3)25-17-7-5-14(18(19)23)21-22-17/h4-7,10,12,20H,8-9,11H2,1-3H3,(H2,19,23). The van der Waals surface area contributed by atoms with Crippen molar-refractivity contribution in [2.75, 3.05) is 13.7 Å². The van der Waals surface area contributed by atoms with Gasteiger partial charge < -0.3 is 20.5 Å². The van der Waals surface area contributed by atoms with Crippen molar-refractivity contribution in [3.05, 3.63) is 41.6 Å². The van der Waals surface area contributed by atoms with Crippen LogP contribution < -0.4 is 20.5 Å². The molecule has 0 radical (unpaired) electrons. The van der Waals surface area contributed by atoms with Gasteiger partial charge in [0.05, 0.1) is 7.11 Å². The molecular formula is C18H24N4O3. The summed E-state index contributed by atoms with van der Waals surface area (Å²) in [7, 11) is 1.58. The molecule has 0 saturated heterocycles. The molecule has 7 heteroatoms. The summed E-state index contributed by atoms with van der Waals surface area (Å²) in [6, 6.07) is 8.70. The number of amides is 1. The van der Waals surface area contributed by atoms with E-state index in [-0.39, 0.29) is 11.6 Å². The molecule has 0 fully saturated rings. The van der Waals surface area contributed by atoms with E-state index in [0.29, 0.717) is 17.4 Å². The van der Waals surface area contributed by atoms with Crippen LogP contribution in [0.2, 0.25) is 0 Å². The Morgan fingerprint density at radius 3 is 2.60 bits per heavy atom. The SMILES string of the molecule is COc1cc(CNCCC(C)C)ccc1Oc1ccc(C(N)=O)nn1. The van der Waals surface area contributed by atoms with E-state index in [4.69, 9.17) is 15.2 Å². The van der Waals surface area contributed by atoms with Gasteiger partial charge in [0, 0.05) is 12.6 Å². The number of ether oxygens (including phenoxy) is 2. The van der Waals surface area contributed by atoms with Crippen molar-refractivity contribution in [1.29, 1.82) is 0 Å². The van der Waals surface area contributed by atoms with E-state index < -0.39 is 5.91 Å². The molecule has 25 heavy (non-hydrogen) atoms. The number of hydrogen-bond acceptors (Lipinski definition) is 6. The highest BCUT2D eigenvalue weighted by Crippen LogP contribution is 2.31. The number of nitrogens with one attached hydrogen (secondary N) is 1. The Labute approximate surface area is 147 Å². The van der Waals surface area contributed by atoms with Crippen LogP contribution in [-0.4, -0.2) is 29.8 Å². The van der Waals surface area contributed by atoms with Gasteiger partial charge >= 0.3 is 0 Å². The fourth-order valence-corrected chi connectivity index (χ4v) is 2.15. The third kappa shape index (κ3) is 5.72. The molecule has 0 aliphatic heterocycles. The summed E-state index contributed by atoms with van der Waals surface area (Å²) in [4.78, 5) is 11.0. The van der Waals surface area contributed by atoms with Crippen molar-refractivity contribution in [3.8, 4) is 17.4 Å². The van der Waals surface area contributed by atoms with Crippen LogP contribution in [0.5, 0.6) is 17.4 Å². The maximum Gasteiger partial charge on any atom is 0.269 e. The number of rotatable bonds is 9. The smallest absolute Gasteiger partial charge is 0.269 e. The summed E-state index contributed by atoms with van der Waals surface area (Å²) in [5.74, 6) is 1.43. The van der Waals surface area contributed by atoms with Gasteiger partial charge in [-0.25, -0.2) is 0 Å². The molecule has 0 bridgehead atoms. The minimum atomic E-state index is -0.633. The highest BCUT2D eigenvalue weighted by molar-refractivity contribution is 5.90. The molecule has 1 amide bonds. The van der Waals surface area contributed by atoms with Gasteiger partial charge in [-0.05, 0) is 42.6 Å². The molecule has 0 spiro atoms. The van der Waals surface area contributed by atoms with Crippen molar-refractivity contribution in [2.24, 2.45) is 11.7 Å². The summed E-state index contributed by atoms with van der Waals surface area (Å²) < 4.78 is 11.1. The lowest BCUT2D eigenvalue weighted by Crippen LogP contribution is -2.16.